The molecular weight excluding hydrogens is 276 g/mol. The van der Waals surface area contributed by atoms with Crippen molar-refractivity contribution in [1.29, 1.82) is 5.26 Å². The van der Waals surface area contributed by atoms with Crippen LogP contribution in [-0.4, -0.2) is 20.8 Å². The van der Waals surface area contributed by atoms with E-state index in [-0.39, 0.29) is 5.41 Å². The fourth-order valence-corrected chi connectivity index (χ4v) is 2.05. The first-order valence-electron chi connectivity index (χ1n) is 6.50. The van der Waals surface area contributed by atoms with Gasteiger partial charge in [0, 0.05) is 12.6 Å². The second-order valence-electron chi connectivity index (χ2n) is 5.21. The smallest absolute Gasteiger partial charge is 0.145 e. The Kier molecular flexibility index (Phi) is 5.97. The Morgan fingerprint density at radius 2 is 1.90 bits per heavy atom. The average Bonchev–Trinajstić information content (AvgIpc) is 2.43. The van der Waals surface area contributed by atoms with E-state index >= 15 is 0 Å². The molecule has 1 N–H and O–H groups in total. The molecule has 0 radical (unpaired) electrons. The van der Waals surface area contributed by atoms with Crippen molar-refractivity contribution in [2.45, 2.75) is 26.7 Å². The van der Waals surface area contributed by atoms with Crippen LogP contribution in [0.5, 0.6) is 11.5 Å². The number of nitriles is 1. The molecule has 0 aliphatic carbocycles. The Morgan fingerprint density at radius 3 is 2.45 bits per heavy atom. The van der Waals surface area contributed by atoms with Crippen LogP contribution in [0, 0.1) is 16.7 Å². The van der Waals surface area contributed by atoms with E-state index in [1.165, 1.54) is 0 Å². The van der Waals surface area contributed by atoms with Gasteiger partial charge < -0.3 is 14.8 Å². The van der Waals surface area contributed by atoms with Crippen molar-refractivity contribution in [3.63, 3.8) is 0 Å². The molecule has 0 aromatic heterocycles. The van der Waals surface area contributed by atoms with Gasteiger partial charge in [-0.15, -0.1) is 0 Å². The Balaban J connectivity index is 2.64. The van der Waals surface area contributed by atoms with Crippen molar-refractivity contribution in [2.24, 2.45) is 5.41 Å². The minimum atomic E-state index is -0.288. The maximum absolute atomic E-state index is 8.96. The van der Waals surface area contributed by atoms with E-state index < -0.39 is 0 Å². The highest BCUT2D eigenvalue weighted by Crippen LogP contribution is 2.35. The molecule has 0 aliphatic heterocycles. The van der Waals surface area contributed by atoms with Crippen LogP contribution in [-0.2, 0) is 0 Å². The lowest BCUT2D eigenvalue weighted by Crippen LogP contribution is -2.11. The van der Waals surface area contributed by atoms with Gasteiger partial charge in [0.1, 0.15) is 11.5 Å². The minimum Gasteiger partial charge on any atom is -0.495 e. The molecule has 0 saturated heterocycles. The number of methoxy groups -OCH3 is 2. The van der Waals surface area contributed by atoms with Crippen LogP contribution >= 0.6 is 11.6 Å². The standard InChI is InChI=1S/C15H21ClN2O2/c1-15(2,10-17)6-5-7-18-12-8-11(16)13(19-3)9-14(12)20-4/h8-9,18H,5-7H2,1-4H3. The second-order valence-corrected chi connectivity index (χ2v) is 5.62. The van der Waals surface area contributed by atoms with Crippen LogP contribution in [0.2, 0.25) is 5.02 Å². The molecule has 1 aromatic rings. The second kappa shape index (κ2) is 7.25. The van der Waals surface area contributed by atoms with Gasteiger partial charge in [-0.2, -0.15) is 5.26 Å². The van der Waals surface area contributed by atoms with Crippen LogP contribution in [0.1, 0.15) is 26.7 Å². The van der Waals surface area contributed by atoms with E-state index in [9.17, 15) is 0 Å². The van der Waals surface area contributed by atoms with Crippen LogP contribution in [0.25, 0.3) is 0 Å². The fourth-order valence-electron chi connectivity index (χ4n) is 1.81. The molecule has 0 saturated carbocycles. The highest BCUT2D eigenvalue weighted by atomic mass is 35.5. The summed E-state index contributed by atoms with van der Waals surface area (Å²) in [5, 5.41) is 12.8. The zero-order valence-corrected chi connectivity index (χ0v) is 13.2. The van der Waals surface area contributed by atoms with Crippen molar-refractivity contribution < 1.29 is 9.47 Å². The number of halogens is 1. The highest BCUT2D eigenvalue weighted by Gasteiger charge is 2.16. The number of nitrogens with one attached hydrogen (secondary N) is 1. The van der Waals surface area contributed by atoms with Crippen molar-refractivity contribution in [1.82, 2.24) is 0 Å². The van der Waals surface area contributed by atoms with Gasteiger partial charge in [-0.1, -0.05) is 11.6 Å². The maximum Gasteiger partial charge on any atom is 0.145 e. The molecule has 1 rings (SSSR count). The summed E-state index contributed by atoms with van der Waals surface area (Å²) in [5.41, 5.74) is 0.539. The first kappa shape index (κ1) is 16.5. The third-order valence-electron chi connectivity index (χ3n) is 3.07. The number of benzene rings is 1. The quantitative estimate of drug-likeness (QED) is 0.770. The number of nitrogens with zero attached hydrogens (tertiary/aromatic N) is 1. The van der Waals surface area contributed by atoms with Crippen LogP contribution < -0.4 is 14.8 Å². The Bertz CT molecular complexity index is 495. The van der Waals surface area contributed by atoms with Crippen molar-refractivity contribution >= 4 is 17.3 Å². The highest BCUT2D eigenvalue weighted by molar-refractivity contribution is 6.32. The van der Waals surface area contributed by atoms with Crippen LogP contribution in [0.15, 0.2) is 12.1 Å². The van der Waals surface area contributed by atoms with Gasteiger partial charge in [0.15, 0.2) is 0 Å². The lowest BCUT2D eigenvalue weighted by molar-refractivity contribution is 0.395. The molecule has 4 nitrogen and oxygen atoms in total. The number of ether oxygens (including phenoxy) is 2. The van der Waals surface area contributed by atoms with E-state index in [4.69, 9.17) is 26.3 Å². The Labute approximate surface area is 125 Å². The molecule has 0 spiro atoms. The Hall–Kier alpha value is -1.60. The zero-order chi connectivity index (χ0) is 15.2. The molecule has 0 unspecified atom stereocenters. The summed E-state index contributed by atoms with van der Waals surface area (Å²) in [5.74, 6) is 1.27. The van der Waals surface area contributed by atoms with Crippen molar-refractivity contribution in [2.75, 3.05) is 26.1 Å². The molecule has 1 aromatic carbocycles. The molecule has 0 aliphatic rings. The molecule has 0 heterocycles. The van der Waals surface area contributed by atoms with Crippen LogP contribution in [0.3, 0.4) is 0 Å². The predicted molar refractivity (Wildman–Crippen MR) is 81.7 cm³/mol. The topological polar surface area (TPSA) is 54.3 Å². The minimum absolute atomic E-state index is 0.288. The maximum atomic E-state index is 8.96. The van der Waals surface area contributed by atoms with Gasteiger partial charge in [-0.05, 0) is 32.8 Å². The van der Waals surface area contributed by atoms with E-state index in [0.29, 0.717) is 16.5 Å². The summed E-state index contributed by atoms with van der Waals surface area (Å²) in [7, 11) is 3.17. The first-order valence-corrected chi connectivity index (χ1v) is 6.88. The molecule has 0 fully saturated rings. The number of hydrogen-bond acceptors (Lipinski definition) is 4. The summed E-state index contributed by atoms with van der Waals surface area (Å²) in [6.07, 6.45) is 1.73. The number of anilines is 1. The van der Waals surface area contributed by atoms with E-state index in [1.807, 2.05) is 13.8 Å². The summed E-state index contributed by atoms with van der Waals surface area (Å²) in [4.78, 5) is 0. The normalized spacial score (nSPS) is 10.8. The van der Waals surface area contributed by atoms with Crippen LogP contribution in [0.4, 0.5) is 5.69 Å². The van der Waals surface area contributed by atoms with Gasteiger partial charge in [0.2, 0.25) is 0 Å². The van der Waals surface area contributed by atoms with Gasteiger partial charge in [-0.25, -0.2) is 0 Å². The summed E-state index contributed by atoms with van der Waals surface area (Å²) >= 11 is 6.10. The lowest BCUT2D eigenvalue weighted by Gasteiger charge is -2.16. The molecule has 5 heteroatoms. The monoisotopic (exact) mass is 296 g/mol. The third kappa shape index (κ3) is 4.50. The van der Waals surface area contributed by atoms with E-state index in [2.05, 4.69) is 11.4 Å². The largest absolute Gasteiger partial charge is 0.495 e. The zero-order valence-electron chi connectivity index (χ0n) is 12.4. The fraction of sp³-hybridized carbons (Fsp3) is 0.533. The molecule has 20 heavy (non-hydrogen) atoms. The molecule has 110 valence electrons. The van der Waals surface area contributed by atoms with Gasteiger partial charge in [0.25, 0.3) is 0 Å². The molecule has 0 atom stereocenters. The lowest BCUT2D eigenvalue weighted by atomic mass is 9.90. The van der Waals surface area contributed by atoms with Gasteiger partial charge in [-0.3, -0.25) is 0 Å². The van der Waals surface area contributed by atoms with Crippen molar-refractivity contribution in [3.8, 4) is 17.6 Å². The SMILES string of the molecule is COc1cc(OC)c(NCCCC(C)(C)C#N)cc1Cl. The number of hydrogen-bond donors (Lipinski definition) is 1. The van der Waals surface area contributed by atoms with Gasteiger partial charge in [0.05, 0.1) is 36.4 Å². The number of rotatable bonds is 7. The Morgan fingerprint density at radius 1 is 1.25 bits per heavy atom. The molecular formula is C15H21ClN2O2. The first-order chi connectivity index (χ1) is 9.43. The van der Waals surface area contributed by atoms with E-state index in [0.717, 1.165) is 25.1 Å². The third-order valence-corrected chi connectivity index (χ3v) is 3.37. The summed E-state index contributed by atoms with van der Waals surface area (Å²) in [6, 6.07) is 5.84. The van der Waals surface area contributed by atoms with Crippen molar-refractivity contribution in [3.05, 3.63) is 17.2 Å². The summed E-state index contributed by atoms with van der Waals surface area (Å²) < 4.78 is 10.5. The van der Waals surface area contributed by atoms with E-state index in [1.54, 1.807) is 26.4 Å². The summed E-state index contributed by atoms with van der Waals surface area (Å²) in [6.45, 7) is 4.64. The molecule has 0 amide bonds. The predicted octanol–water partition coefficient (Wildman–Crippen LogP) is 4.10. The molecule has 0 bridgehead atoms. The average molecular weight is 297 g/mol. The van der Waals surface area contributed by atoms with Gasteiger partial charge >= 0.3 is 0 Å².